The predicted octanol–water partition coefficient (Wildman–Crippen LogP) is -2.76. The van der Waals surface area contributed by atoms with Gasteiger partial charge in [0, 0.05) is 12.3 Å². The summed E-state index contributed by atoms with van der Waals surface area (Å²) in [4.78, 5) is 0. The molecule has 0 amide bonds. The number of hydrogen-bond acceptors (Lipinski definition) is 23. The van der Waals surface area contributed by atoms with Crippen LogP contribution >= 0.6 is 0 Å². The van der Waals surface area contributed by atoms with Gasteiger partial charge in [-0.3, -0.25) is 0 Å². The van der Waals surface area contributed by atoms with Gasteiger partial charge in [0.25, 0.3) is 0 Å². The minimum atomic E-state index is -1.86. The first kappa shape index (κ1) is 59.0. The molecule has 0 radical (unpaired) electrons. The lowest BCUT2D eigenvalue weighted by Gasteiger charge is -2.58. The molecule has 8 rings (SSSR count). The number of rotatable bonds is 20. The molecular formula is C51H86O23. The van der Waals surface area contributed by atoms with E-state index >= 15 is 0 Å². The fourth-order valence-electron chi connectivity index (χ4n) is 14.4. The fraction of sp³-hybridized carbons (Fsp3) is 0.961. The molecule has 0 bridgehead atoms. The molecule has 0 aromatic carbocycles. The van der Waals surface area contributed by atoms with Gasteiger partial charge in [0.1, 0.15) is 79.4 Å². The molecule has 4 saturated heterocycles. The van der Waals surface area contributed by atoms with Crippen LogP contribution in [0.15, 0.2) is 11.6 Å². The molecule has 4 aliphatic heterocycles. The Balaban J connectivity index is 0.921. The van der Waals surface area contributed by atoms with Crippen molar-refractivity contribution in [2.24, 2.45) is 46.3 Å². The van der Waals surface area contributed by atoms with Crippen LogP contribution < -0.4 is 0 Å². The average Bonchev–Trinajstić information content (AvgIpc) is 3.83. The molecule has 0 spiro atoms. The molecule has 3 saturated carbocycles. The van der Waals surface area contributed by atoms with Gasteiger partial charge in [-0.1, -0.05) is 39.3 Å². The number of fused-ring (bicyclic) bond motifs is 7. The van der Waals surface area contributed by atoms with Crippen molar-refractivity contribution in [3.63, 3.8) is 0 Å². The molecule has 74 heavy (non-hydrogen) atoms. The van der Waals surface area contributed by atoms with Crippen LogP contribution in [0.3, 0.4) is 0 Å². The van der Waals surface area contributed by atoms with Crippen molar-refractivity contribution >= 4 is 0 Å². The van der Waals surface area contributed by atoms with E-state index < -0.39 is 156 Å². The summed E-state index contributed by atoms with van der Waals surface area (Å²) in [6.45, 7) is 7.06. The highest BCUT2D eigenvalue weighted by Gasteiger charge is 2.68. The summed E-state index contributed by atoms with van der Waals surface area (Å²) in [6.07, 6.45) is -18.9. The van der Waals surface area contributed by atoms with E-state index in [1.165, 1.54) is 12.5 Å². The van der Waals surface area contributed by atoms with Gasteiger partial charge >= 0.3 is 0 Å². The first-order valence-corrected chi connectivity index (χ1v) is 26.9. The fourth-order valence-corrected chi connectivity index (χ4v) is 14.4. The second-order valence-electron chi connectivity index (χ2n) is 23.4. The van der Waals surface area contributed by atoms with Gasteiger partial charge in [-0.25, -0.2) is 0 Å². The van der Waals surface area contributed by atoms with E-state index in [1.807, 2.05) is 6.92 Å². The number of ether oxygens (including phenoxy) is 9. The maximum absolute atomic E-state index is 12.1. The molecule has 4 heterocycles. The Morgan fingerprint density at radius 1 is 0.716 bits per heavy atom. The number of hydrogen-bond donors (Lipinski definition) is 14. The van der Waals surface area contributed by atoms with Gasteiger partial charge in [-0.2, -0.15) is 0 Å². The highest BCUT2D eigenvalue weighted by molar-refractivity contribution is 5.26. The molecule has 29 atom stereocenters. The summed E-state index contributed by atoms with van der Waals surface area (Å²) >= 11 is 0. The minimum Gasteiger partial charge on any atom is -0.394 e. The van der Waals surface area contributed by atoms with Crippen LogP contribution in [0, 0.1) is 46.3 Å². The van der Waals surface area contributed by atoms with E-state index in [0.29, 0.717) is 43.4 Å². The average molecular weight is 1070 g/mol. The molecule has 8 aliphatic rings. The zero-order valence-electron chi connectivity index (χ0n) is 43.1. The van der Waals surface area contributed by atoms with E-state index in [-0.39, 0.29) is 41.3 Å². The second kappa shape index (κ2) is 23.9. The van der Waals surface area contributed by atoms with E-state index in [1.54, 1.807) is 0 Å². The summed E-state index contributed by atoms with van der Waals surface area (Å²) in [5.74, 6) is -0.320. The van der Waals surface area contributed by atoms with Crippen LogP contribution in [-0.4, -0.2) is 240 Å². The first-order valence-electron chi connectivity index (χ1n) is 26.9. The summed E-state index contributed by atoms with van der Waals surface area (Å²) in [6, 6.07) is 0. The Morgan fingerprint density at radius 3 is 1.99 bits per heavy atom. The van der Waals surface area contributed by atoms with Crippen molar-refractivity contribution < 1.29 is 114 Å². The molecule has 23 nitrogen and oxygen atoms in total. The Labute approximate surface area is 431 Å². The zero-order valence-corrected chi connectivity index (χ0v) is 43.1. The largest absolute Gasteiger partial charge is 0.394 e. The summed E-state index contributed by atoms with van der Waals surface area (Å²) in [7, 11) is 0. The van der Waals surface area contributed by atoms with E-state index in [2.05, 4.69) is 26.8 Å². The maximum Gasteiger partial charge on any atom is 0.187 e. The standard InChI is InChI=1S/C51H86O23/c1-22(21-66-46-40(62)38(60)36(58)32(18-54)69-46)8-13-51(65)24(3)35-31(74-51)15-29-27-7-6-25-14-26(9-11-49(25,4)28(27)10-12-50(29,35)5)68-48-44(73-45(30(57)17-53)67-23(2)16-52)42(64)43(34(20-56)71-48)72-47-41(63)39(61)37(59)33(19-55)70-47/h6,22-24,26-48,52-65H,7-21H2,1-5H3/t22-,23?,24-,26?,27?,28?,29?,30-,31?,32?,33?,34?,35?,36?,37?,38+,39+,40-,41-,42+,43?,44-,45?,46?,47?,48?,49-,50-,51?/m0/s1. The molecular weight excluding hydrogens is 981 g/mol. The molecule has 14 N–H and O–H groups in total. The summed E-state index contributed by atoms with van der Waals surface area (Å²) in [5.41, 5.74) is 1.01. The van der Waals surface area contributed by atoms with Crippen molar-refractivity contribution in [1.29, 1.82) is 0 Å². The quantitative estimate of drug-likeness (QED) is 0.0434. The minimum absolute atomic E-state index is 0.0719. The van der Waals surface area contributed by atoms with Crippen molar-refractivity contribution in [3.05, 3.63) is 11.6 Å². The number of aliphatic hydroxyl groups is 14. The molecule has 0 aromatic heterocycles. The molecule has 4 aliphatic carbocycles. The lowest BCUT2D eigenvalue weighted by atomic mass is 9.47. The van der Waals surface area contributed by atoms with Gasteiger partial charge in [0.15, 0.2) is 30.9 Å². The summed E-state index contributed by atoms with van der Waals surface area (Å²) < 4.78 is 54.3. The second-order valence-corrected chi connectivity index (χ2v) is 23.4. The maximum atomic E-state index is 12.1. The SMILES string of the molecule is CC(CO)OC(O[C@@H]1C(OC2CC[C@@]3(C)C(=CCC4C5CC6OC(O)(CC[C@H](C)COC7OC(CO)C(O)[C@@H](O)[C@@H]7O)[C@@H](C)C6[C@@]5(C)CCC43)C2)OC(CO)C(OC2OC(CO)C(O)[C@@H](O)[C@@H]2O)[C@H]1O)[C@@H](O)CO. The van der Waals surface area contributed by atoms with Crippen molar-refractivity contribution in [1.82, 2.24) is 0 Å². The zero-order chi connectivity index (χ0) is 53.8. The van der Waals surface area contributed by atoms with Gasteiger partial charge in [-0.05, 0) is 98.7 Å². The topological polar surface area (TPSA) is 366 Å². The van der Waals surface area contributed by atoms with Gasteiger partial charge < -0.3 is 114 Å². The van der Waals surface area contributed by atoms with E-state index in [9.17, 15) is 71.5 Å². The first-order chi connectivity index (χ1) is 35.1. The third-order valence-corrected chi connectivity index (χ3v) is 18.8. The van der Waals surface area contributed by atoms with E-state index in [4.69, 9.17) is 42.6 Å². The Hall–Kier alpha value is -1.18. The van der Waals surface area contributed by atoms with Crippen LogP contribution in [0.4, 0.5) is 0 Å². The van der Waals surface area contributed by atoms with Crippen LogP contribution in [0.25, 0.3) is 0 Å². The van der Waals surface area contributed by atoms with Crippen molar-refractivity contribution in [2.45, 2.75) is 221 Å². The molecule has 7 fully saturated rings. The lowest BCUT2D eigenvalue weighted by molar-refractivity contribution is -0.382. The monoisotopic (exact) mass is 1070 g/mol. The highest BCUT2D eigenvalue weighted by atomic mass is 16.8. The molecule has 0 aromatic rings. The van der Waals surface area contributed by atoms with Crippen LogP contribution in [0.5, 0.6) is 0 Å². The molecule has 428 valence electrons. The lowest BCUT2D eigenvalue weighted by Crippen LogP contribution is -2.66. The molecule has 18 unspecified atom stereocenters. The van der Waals surface area contributed by atoms with Crippen LogP contribution in [0.2, 0.25) is 0 Å². The van der Waals surface area contributed by atoms with Gasteiger partial charge in [-0.15, -0.1) is 0 Å². The van der Waals surface area contributed by atoms with E-state index in [0.717, 1.165) is 32.1 Å². The third-order valence-electron chi connectivity index (χ3n) is 18.8. The Morgan fingerprint density at radius 2 is 1.35 bits per heavy atom. The highest BCUT2D eigenvalue weighted by Crippen LogP contribution is 2.70. The van der Waals surface area contributed by atoms with Crippen LogP contribution in [0.1, 0.15) is 92.4 Å². The predicted molar refractivity (Wildman–Crippen MR) is 252 cm³/mol. The summed E-state index contributed by atoms with van der Waals surface area (Å²) in [5, 5.41) is 147. The molecule has 23 heteroatoms. The number of allylic oxidation sites excluding steroid dienone is 1. The third kappa shape index (κ3) is 11.2. The normalized spacial score (nSPS) is 50.0. The van der Waals surface area contributed by atoms with Crippen molar-refractivity contribution in [2.75, 3.05) is 39.6 Å². The Kier molecular flexibility index (Phi) is 19.0. The van der Waals surface area contributed by atoms with Gasteiger partial charge in [0.05, 0.1) is 58.0 Å². The Bertz CT molecular complexity index is 1850. The number of aliphatic hydroxyl groups excluding tert-OH is 13. The van der Waals surface area contributed by atoms with Gasteiger partial charge in [0.2, 0.25) is 0 Å². The smallest absolute Gasteiger partial charge is 0.187 e. The van der Waals surface area contributed by atoms with Crippen molar-refractivity contribution in [3.8, 4) is 0 Å². The van der Waals surface area contributed by atoms with Crippen LogP contribution in [-0.2, 0) is 42.6 Å².